The fourth-order valence-electron chi connectivity index (χ4n) is 3.00. The van der Waals surface area contributed by atoms with Gasteiger partial charge in [-0.15, -0.1) is 0 Å². The minimum Gasteiger partial charge on any atom is -0.378 e. The minimum absolute atomic E-state index is 0.567. The van der Waals surface area contributed by atoms with Crippen molar-refractivity contribution in [3.63, 3.8) is 0 Å². The minimum atomic E-state index is 0.567. The van der Waals surface area contributed by atoms with E-state index in [1.807, 2.05) is 0 Å². The van der Waals surface area contributed by atoms with Crippen molar-refractivity contribution in [2.75, 3.05) is 39.5 Å². The van der Waals surface area contributed by atoms with Gasteiger partial charge in [-0.25, -0.2) is 0 Å². The van der Waals surface area contributed by atoms with Crippen molar-refractivity contribution < 1.29 is 9.47 Å². The number of ether oxygens (including phenoxy) is 2. The molecule has 23 heavy (non-hydrogen) atoms. The molecule has 0 aliphatic rings. The van der Waals surface area contributed by atoms with Crippen molar-refractivity contribution in [2.24, 2.45) is 0 Å². The molecule has 0 aromatic carbocycles. The molecule has 0 rings (SSSR count). The Bertz CT molecular complexity index is 262. The van der Waals surface area contributed by atoms with E-state index < -0.39 is 0 Å². The third-order valence-electron chi connectivity index (χ3n) is 4.51. The summed E-state index contributed by atoms with van der Waals surface area (Å²) < 4.78 is 11.4. The van der Waals surface area contributed by atoms with Crippen LogP contribution in [-0.2, 0) is 9.47 Å². The zero-order chi connectivity index (χ0) is 17.8. The van der Waals surface area contributed by atoms with Gasteiger partial charge in [0.1, 0.15) is 0 Å². The van der Waals surface area contributed by atoms with Crippen LogP contribution in [0.4, 0.5) is 0 Å². The Labute approximate surface area is 145 Å². The fourth-order valence-corrected chi connectivity index (χ4v) is 3.00. The molecule has 1 unspecified atom stereocenters. The van der Waals surface area contributed by atoms with Gasteiger partial charge < -0.3 is 9.47 Å². The second kappa shape index (κ2) is 13.2. The Kier molecular flexibility index (Phi) is 13.1. The maximum absolute atomic E-state index is 5.73. The zero-order valence-corrected chi connectivity index (χ0v) is 17.0. The largest absolute Gasteiger partial charge is 0.378 e. The summed E-state index contributed by atoms with van der Waals surface area (Å²) in [6, 6.07) is 2.32. The number of nitrogens with zero attached hydrogens (tertiary/aromatic N) is 2. The molecule has 0 aliphatic carbocycles. The molecule has 1 atom stereocenters. The Hall–Kier alpha value is -0.160. The fraction of sp³-hybridized carbons (Fsp3) is 1.00. The van der Waals surface area contributed by atoms with Crippen molar-refractivity contribution in [1.29, 1.82) is 0 Å². The summed E-state index contributed by atoms with van der Waals surface area (Å²) in [5, 5.41) is 0. The maximum Gasteiger partial charge on any atom is 0.0701 e. The standard InChI is InChI=1S/C19H42N2O2/c1-9-19(8)21(18(6)7)11-13-23-15-14-22-12-10-20(16(2)3)17(4)5/h16-19H,9-15H2,1-8H3. The van der Waals surface area contributed by atoms with E-state index in [1.165, 1.54) is 6.42 Å². The van der Waals surface area contributed by atoms with Crippen LogP contribution in [-0.4, -0.2) is 73.5 Å². The summed E-state index contributed by atoms with van der Waals surface area (Å²) in [6.07, 6.45) is 1.18. The van der Waals surface area contributed by atoms with Crippen LogP contribution in [0.15, 0.2) is 0 Å². The van der Waals surface area contributed by atoms with E-state index in [1.54, 1.807) is 0 Å². The average Bonchev–Trinajstić information content (AvgIpc) is 2.47. The Balaban J connectivity index is 3.69. The third kappa shape index (κ3) is 10.3. The van der Waals surface area contributed by atoms with Crippen LogP contribution in [0.25, 0.3) is 0 Å². The molecular weight excluding hydrogens is 288 g/mol. The van der Waals surface area contributed by atoms with E-state index in [-0.39, 0.29) is 0 Å². The van der Waals surface area contributed by atoms with Crippen LogP contribution >= 0.6 is 0 Å². The molecule has 4 heteroatoms. The normalized spacial score (nSPS) is 14.0. The van der Waals surface area contributed by atoms with Gasteiger partial charge in [0.15, 0.2) is 0 Å². The molecule has 0 bridgehead atoms. The monoisotopic (exact) mass is 330 g/mol. The van der Waals surface area contributed by atoms with Gasteiger partial charge >= 0.3 is 0 Å². The van der Waals surface area contributed by atoms with Gasteiger partial charge in [-0.1, -0.05) is 6.92 Å². The first-order valence-electron chi connectivity index (χ1n) is 9.48. The first kappa shape index (κ1) is 22.8. The first-order chi connectivity index (χ1) is 10.8. The van der Waals surface area contributed by atoms with Crippen LogP contribution in [0.5, 0.6) is 0 Å². The number of hydrogen-bond acceptors (Lipinski definition) is 4. The predicted molar refractivity (Wildman–Crippen MR) is 100 cm³/mol. The molecule has 0 saturated carbocycles. The first-order valence-corrected chi connectivity index (χ1v) is 9.48. The molecule has 0 saturated heterocycles. The maximum atomic E-state index is 5.73. The van der Waals surface area contributed by atoms with Crippen LogP contribution < -0.4 is 0 Å². The molecular formula is C19H42N2O2. The smallest absolute Gasteiger partial charge is 0.0701 e. The molecule has 140 valence electrons. The van der Waals surface area contributed by atoms with Crippen molar-refractivity contribution in [3.05, 3.63) is 0 Å². The molecule has 0 aromatic rings. The summed E-state index contributed by atoms with van der Waals surface area (Å²) >= 11 is 0. The molecule has 0 heterocycles. The van der Waals surface area contributed by atoms with E-state index in [0.717, 1.165) is 26.3 Å². The Morgan fingerprint density at radius 2 is 1.00 bits per heavy atom. The Morgan fingerprint density at radius 3 is 1.35 bits per heavy atom. The molecule has 0 spiro atoms. The summed E-state index contributed by atoms with van der Waals surface area (Å²) in [4.78, 5) is 4.96. The van der Waals surface area contributed by atoms with Gasteiger partial charge in [-0.05, 0) is 54.9 Å². The van der Waals surface area contributed by atoms with Crippen molar-refractivity contribution >= 4 is 0 Å². The van der Waals surface area contributed by atoms with Crippen LogP contribution in [0.2, 0.25) is 0 Å². The van der Waals surface area contributed by atoms with Crippen molar-refractivity contribution in [2.45, 2.75) is 86.0 Å². The molecule has 0 radical (unpaired) electrons. The van der Waals surface area contributed by atoms with Gasteiger partial charge in [0.25, 0.3) is 0 Å². The summed E-state index contributed by atoms with van der Waals surface area (Å²) in [5.41, 5.74) is 0. The second-order valence-electron chi connectivity index (χ2n) is 7.24. The molecule has 0 N–H and O–H groups in total. The van der Waals surface area contributed by atoms with Crippen molar-refractivity contribution in [1.82, 2.24) is 9.80 Å². The lowest BCUT2D eigenvalue weighted by molar-refractivity contribution is 0.0180. The van der Waals surface area contributed by atoms with Gasteiger partial charge in [0, 0.05) is 37.3 Å². The van der Waals surface area contributed by atoms with Gasteiger partial charge in [-0.2, -0.15) is 0 Å². The quantitative estimate of drug-likeness (QED) is 0.454. The SMILES string of the molecule is CCC(C)N(CCOCCOCCN(C(C)C)C(C)C)C(C)C. The van der Waals surface area contributed by atoms with Crippen molar-refractivity contribution in [3.8, 4) is 0 Å². The third-order valence-corrected chi connectivity index (χ3v) is 4.51. The molecule has 0 amide bonds. The van der Waals surface area contributed by atoms with Gasteiger partial charge in [0.05, 0.1) is 26.4 Å². The summed E-state index contributed by atoms with van der Waals surface area (Å²) in [7, 11) is 0. The molecule has 0 aromatic heterocycles. The lowest BCUT2D eigenvalue weighted by Gasteiger charge is -2.32. The lowest BCUT2D eigenvalue weighted by atomic mass is 10.2. The highest BCUT2D eigenvalue weighted by Crippen LogP contribution is 2.08. The highest BCUT2D eigenvalue weighted by atomic mass is 16.5. The van der Waals surface area contributed by atoms with E-state index in [9.17, 15) is 0 Å². The summed E-state index contributed by atoms with van der Waals surface area (Å²) in [6.45, 7) is 22.9. The molecule has 4 nitrogen and oxygen atoms in total. The zero-order valence-electron chi connectivity index (χ0n) is 17.0. The highest BCUT2D eigenvalue weighted by molar-refractivity contribution is 4.69. The highest BCUT2D eigenvalue weighted by Gasteiger charge is 2.15. The molecule has 0 aliphatic heterocycles. The Morgan fingerprint density at radius 1 is 0.609 bits per heavy atom. The summed E-state index contributed by atoms with van der Waals surface area (Å²) in [5.74, 6) is 0. The van der Waals surface area contributed by atoms with Gasteiger partial charge in [-0.3, -0.25) is 9.80 Å². The average molecular weight is 331 g/mol. The van der Waals surface area contributed by atoms with E-state index >= 15 is 0 Å². The molecule has 0 fully saturated rings. The predicted octanol–water partition coefficient (Wildman–Crippen LogP) is 3.65. The van der Waals surface area contributed by atoms with Crippen LogP contribution in [0, 0.1) is 0 Å². The number of hydrogen-bond donors (Lipinski definition) is 0. The van der Waals surface area contributed by atoms with E-state index in [4.69, 9.17) is 9.47 Å². The van der Waals surface area contributed by atoms with Crippen LogP contribution in [0.3, 0.4) is 0 Å². The number of rotatable bonds is 14. The topological polar surface area (TPSA) is 24.9 Å². The van der Waals surface area contributed by atoms with Gasteiger partial charge in [0.2, 0.25) is 0 Å². The van der Waals surface area contributed by atoms with E-state index in [2.05, 4.69) is 65.2 Å². The van der Waals surface area contributed by atoms with Crippen LogP contribution in [0.1, 0.15) is 61.8 Å². The lowest BCUT2D eigenvalue weighted by Crippen LogP contribution is -2.40. The second-order valence-corrected chi connectivity index (χ2v) is 7.24. The van der Waals surface area contributed by atoms with E-state index in [0.29, 0.717) is 37.4 Å².